The number of rotatable bonds is 11. The van der Waals surface area contributed by atoms with Gasteiger partial charge in [0.2, 0.25) is 5.91 Å². The molecule has 0 bridgehead atoms. The number of hydrogen-bond donors (Lipinski definition) is 2. The van der Waals surface area contributed by atoms with Crippen LogP contribution in [-0.4, -0.2) is 59.6 Å². The minimum Gasteiger partial charge on any atom is -0.462 e. The maximum Gasteiger partial charge on any atom is 0.303 e. The van der Waals surface area contributed by atoms with Gasteiger partial charge in [-0.2, -0.15) is 11.8 Å². The van der Waals surface area contributed by atoms with Crippen LogP contribution in [0.1, 0.15) is 19.5 Å². The Morgan fingerprint density at radius 3 is 2.62 bits per heavy atom. The number of esters is 2. The molecule has 26 heavy (non-hydrogen) atoms. The number of carbonyl (C=O) groups is 3. The highest BCUT2D eigenvalue weighted by Crippen LogP contribution is 2.09. The van der Waals surface area contributed by atoms with E-state index >= 15 is 0 Å². The van der Waals surface area contributed by atoms with Crippen LogP contribution >= 0.6 is 11.8 Å². The first-order chi connectivity index (χ1) is 12.4. The molecule has 0 spiro atoms. The van der Waals surface area contributed by atoms with Crippen LogP contribution in [0.3, 0.4) is 0 Å². The molecular formula is C17H25N3O5S. The molecule has 144 valence electrons. The topological polar surface area (TPSA) is 121 Å². The lowest BCUT2D eigenvalue weighted by Crippen LogP contribution is -2.43. The molecule has 1 aromatic heterocycles. The molecule has 0 aliphatic rings. The van der Waals surface area contributed by atoms with Crippen molar-refractivity contribution in [1.29, 1.82) is 0 Å². The molecule has 3 N–H and O–H groups in total. The van der Waals surface area contributed by atoms with Gasteiger partial charge >= 0.3 is 11.9 Å². The third-order valence-corrected chi connectivity index (χ3v) is 4.35. The molecule has 0 aliphatic carbocycles. The highest BCUT2D eigenvalue weighted by Gasteiger charge is 2.17. The van der Waals surface area contributed by atoms with E-state index in [-0.39, 0.29) is 12.5 Å². The van der Waals surface area contributed by atoms with Crippen molar-refractivity contribution < 1.29 is 23.9 Å². The van der Waals surface area contributed by atoms with Crippen molar-refractivity contribution in [2.75, 3.05) is 24.7 Å². The van der Waals surface area contributed by atoms with Gasteiger partial charge < -0.3 is 20.5 Å². The Morgan fingerprint density at radius 2 is 2.00 bits per heavy atom. The smallest absolute Gasteiger partial charge is 0.303 e. The zero-order valence-electron chi connectivity index (χ0n) is 15.0. The van der Waals surface area contributed by atoms with E-state index < -0.39 is 24.1 Å². The van der Waals surface area contributed by atoms with Crippen LogP contribution in [0, 0.1) is 0 Å². The maximum absolute atomic E-state index is 12.0. The molecule has 0 saturated carbocycles. The Hall–Kier alpha value is -2.13. The number of aromatic nitrogens is 1. The molecule has 2 atom stereocenters. The van der Waals surface area contributed by atoms with Crippen LogP contribution in [0.15, 0.2) is 24.4 Å². The maximum atomic E-state index is 12.0. The molecule has 8 nitrogen and oxygen atoms in total. The van der Waals surface area contributed by atoms with Gasteiger partial charge in [-0.05, 0) is 12.1 Å². The van der Waals surface area contributed by atoms with Crippen LogP contribution in [0.25, 0.3) is 0 Å². The van der Waals surface area contributed by atoms with Crippen molar-refractivity contribution in [3.8, 4) is 0 Å². The molecule has 1 rings (SSSR count). The molecule has 1 aromatic rings. The number of nitrogens with zero attached hydrogens (tertiary/aromatic N) is 1. The minimum atomic E-state index is -0.685. The first-order valence-electron chi connectivity index (χ1n) is 8.20. The van der Waals surface area contributed by atoms with E-state index in [9.17, 15) is 14.4 Å². The lowest BCUT2D eigenvalue weighted by molar-refractivity contribution is -0.154. The van der Waals surface area contributed by atoms with E-state index in [1.807, 2.05) is 18.2 Å². The summed E-state index contributed by atoms with van der Waals surface area (Å²) in [5.74, 6) is -0.428. The largest absolute Gasteiger partial charge is 0.462 e. The van der Waals surface area contributed by atoms with Crippen LogP contribution in [0.2, 0.25) is 0 Å². The van der Waals surface area contributed by atoms with Crippen molar-refractivity contribution in [1.82, 2.24) is 10.3 Å². The number of carbonyl (C=O) groups excluding carboxylic acids is 3. The van der Waals surface area contributed by atoms with E-state index in [0.717, 1.165) is 5.69 Å². The lowest BCUT2D eigenvalue weighted by Gasteiger charge is -2.17. The average molecular weight is 383 g/mol. The van der Waals surface area contributed by atoms with Crippen molar-refractivity contribution >= 4 is 29.6 Å². The van der Waals surface area contributed by atoms with Gasteiger partial charge in [0, 0.05) is 50.2 Å². The zero-order chi connectivity index (χ0) is 19.4. The summed E-state index contributed by atoms with van der Waals surface area (Å²) < 4.78 is 9.93. The van der Waals surface area contributed by atoms with Crippen LogP contribution in [0.4, 0.5) is 0 Å². The number of thioether (sulfide) groups is 1. The van der Waals surface area contributed by atoms with E-state index in [4.69, 9.17) is 15.2 Å². The number of pyridine rings is 1. The van der Waals surface area contributed by atoms with Gasteiger partial charge in [-0.15, -0.1) is 0 Å². The summed E-state index contributed by atoms with van der Waals surface area (Å²) in [5, 5.41) is 2.77. The van der Waals surface area contributed by atoms with Crippen molar-refractivity contribution in [2.24, 2.45) is 5.73 Å². The summed E-state index contributed by atoms with van der Waals surface area (Å²) in [6.45, 7) is 3.00. The monoisotopic (exact) mass is 383 g/mol. The Bertz CT molecular complexity index is 585. The number of nitrogens with one attached hydrogen (secondary N) is 1. The van der Waals surface area contributed by atoms with Crippen LogP contribution < -0.4 is 11.1 Å². The lowest BCUT2D eigenvalue weighted by atomic mass is 10.2. The van der Waals surface area contributed by atoms with Gasteiger partial charge in [0.05, 0.1) is 6.04 Å². The standard InChI is InChI=1S/C17H25N3O5S/c1-12(21)24-9-15(25-13(2)22)10-26-11-16(18)17(23)20-8-6-14-5-3-4-7-19-14/h3-5,7,15-16H,6,8-11,18H2,1-2H3,(H,20,23). The normalized spacial score (nSPS) is 12.7. The SMILES string of the molecule is CC(=O)OCC(CSCC(N)C(=O)NCCc1ccccn1)OC(C)=O. The average Bonchev–Trinajstić information content (AvgIpc) is 2.59. The van der Waals surface area contributed by atoms with Crippen molar-refractivity contribution in [3.63, 3.8) is 0 Å². The van der Waals surface area contributed by atoms with Gasteiger partial charge in [-0.25, -0.2) is 0 Å². The first-order valence-corrected chi connectivity index (χ1v) is 9.35. The summed E-state index contributed by atoms with van der Waals surface area (Å²) in [7, 11) is 0. The highest BCUT2D eigenvalue weighted by atomic mass is 32.2. The van der Waals surface area contributed by atoms with Crippen LogP contribution in [-0.2, 0) is 30.3 Å². The summed E-state index contributed by atoms with van der Waals surface area (Å²) in [6, 6.07) is 4.93. The third kappa shape index (κ3) is 10.00. The summed E-state index contributed by atoms with van der Waals surface area (Å²) >= 11 is 1.35. The third-order valence-electron chi connectivity index (χ3n) is 3.15. The van der Waals surface area contributed by atoms with Crippen LogP contribution in [0.5, 0.6) is 0 Å². The summed E-state index contributed by atoms with van der Waals surface area (Å²) in [6.07, 6.45) is 1.76. The molecule has 0 radical (unpaired) electrons. The fraction of sp³-hybridized carbons (Fsp3) is 0.529. The highest BCUT2D eigenvalue weighted by molar-refractivity contribution is 7.99. The molecule has 1 heterocycles. The van der Waals surface area contributed by atoms with Gasteiger partial charge in [0.1, 0.15) is 12.7 Å². The summed E-state index contributed by atoms with van der Waals surface area (Å²) in [5.41, 5.74) is 6.76. The first kappa shape index (κ1) is 21.9. The fourth-order valence-electron chi connectivity index (χ4n) is 1.95. The Morgan fingerprint density at radius 1 is 1.23 bits per heavy atom. The number of hydrogen-bond acceptors (Lipinski definition) is 8. The Kier molecular flexibility index (Phi) is 10.3. The Labute approximate surface area is 157 Å². The van der Waals surface area contributed by atoms with Crippen molar-refractivity contribution in [3.05, 3.63) is 30.1 Å². The van der Waals surface area contributed by atoms with E-state index in [0.29, 0.717) is 24.5 Å². The van der Waals surface area contributed by atoms with Gasteiger partial charge in [0.25, 0.3) is 0 Å². The number of ether oxygens (including phenoxy) is 2. The number of nitrogens with two attached hydrogens (primary N) is 1. The minimum absolute atomic E-state index is 0.0204. The molecule has 9 heteroatoms. The fourth-order valence-corrected chi connectivity index (χ4v) is 2.92. The molecule has 2 unspecified atom stereocenters. The molecule has 0 fully saturated rings. The summed E-state index contributed by atoms with van der Waals surface area (Å²) in [4.78, 5) is 38.1. The van der Waals surface area contributed by atoms with E-state index in [1.54, 1.807) is 6.20 Å². The second-order valence-electron chi connectivity index (χ2n) is 5.54. The Balaban J connectivity index is 2.27. The quantitative estimate of drug-likeness (QED) is 0.523. The van der Waals surface area contributed by atoms with Gasteiger partial charge in [0.15, 0.2) is 0 Å². The predicted octanol–water partition coefficient (Wildman–Crippen LogP) is 0.296. The molecular weight excluding hydrogens is 358 g/mol. The number of amides is 1. The predicted molar refractivity (Wildman–Crippen MR) is 98.4 cm³/mol. The second-order valence-corrected chi connectivity index (χ2v) is 6.61. The molecule has 0 aliphatic heterocycles. The molecule has 0 saturated heterocycles. The van der Waals surface area contributed by atoms with E-state index in [2.05, 4.69) is 10.3 Å². The molecule has 1 amide bonds. The van der Waals surface area contributed by atoms with Gasteiger partial charge in [-0.1, -0.05) is 6.07 Å². The van der Waals surface area contributed by atoms with Crippen molar-refractivity contribution in [2.45, 2.75) is 32.4 Å². The van der Waals surface area contributed by atoms with Gasteiger partial charge in [-0.3, -0.25) is 19.4 Å². The zero-order valence-corrected chi connectivity index (χ0v) is 15.8. The molecule has 0 aromatic carbocycles. The van der Waals surface area contributed by atoms with E-state index in [1.165, 1.54) is 25.6 Å². The second kappa shape index (κ2) is 12.3.